The molecule has 1 rings (SSSR count). The molecule has 0 atom stereocenters. The Hall–Kier alpha value is -1.59. The summed E-state index contributed by atoms with van der Waals surface area (Å²) >= 11 is 0. The predicted molar refractivity (Wildman–Crippen MR) is 77.7 cm³/mol. The van der Waals surface area contributed by atoms with Gasteiger partial charge >= 0.3 is 6.01 Å². The molecule has 0 aliphatic rings. The van der Waals surface area contributed by atoms with Crippen molar-refractivity contribution in [1.82, 2.24) is 15.0 Å². The molecular weight excluding hydrogens is 242 g/mol. The molecule has 0 amide bonds. The van der Waals surface area contributed by atoms with E-state index in [0.717, 1.165) is 13.0 Å². The average Bonchev–Trinajstić information content (AvgIpc) is 2.27. The molecule has 0 aliphatic heterocycles. The highest BCUT2D eigenvalue weighted by Crippen LogP contribution is 2.18. The molecule has 0 saturated carbocycles. The van der Waals surface area contributed by atoms with Crippen molar-refractivity contribution in [3.63, 3.8) is 0 Å². The first-order valence-corrected chi connectivity index (χ1v) is 6.81. The molecule has 6 nitrogen and oxygen atoms in total. The molecule has 2 N–H and O–H groups in total. The fourth-order valence-corrected chi connectivity index (χ4v) is 1.30. The van der Waals surface area contributed by atoms with Gasteiger partial charge in [-0.2, -0.15) is 15.0 Å². The second kappa shape index (κ2) is 6.54. The van der Waals surface area contributed by atoms with Crippen molar-refractivity contribution in [2.24, 2.45) is 0 Å². The minimum Gasteiger partial charge on any atom is -0.461 e. The van der Waals surface area contributed by atoms with Gasteiger partial charge in [0.05, 0.1) is 6.10 Å². The number of rotatable bonds is 7. The van der Waals surface area contributed by atoms with Crippen LogP contribution in [0.25, 0.3) is 0 Å². The molecule has 0 saturated heterocycles. The van der Waals surface area contributed by atoms with Gasteiger partial charge in [-0.25, -0.2) is 0 Å². The van der Waals surface area contributed by atoms with Gasteiger partial charge in [-0.05, 0) is 41.0 Å². The summed E-state index contributed by atoms with van der Waals surface area (Å²) in [6, 6.07) is 0.343. The lowest BCUT2D eigenvalue weighted by atomic mass is 10.0. The quantitative estimate of drug-likeness (QED) is 0.791. The summed E-state index contributed by atoms with van der Waals surface area (Å²) in [5.41, 5.74) is -0.0695. The van der Waals surface area contributed by atoms with Crippen LogP contribution < -0.4 is 15.4 Å². The smallest absolute Gasteiger partial charge is 0.323 e. The van der Waals surface area contributed by atoms with Crippen LogP contribution in [0.4, 0.5) is 11.9 Å². The van der Waals surface area contributed by atoms with E-state index in [9.17, 15) is 0 Å². The summed E-state index contributed by atoms with van der Waals surface area (Å²) in [7, 11) is 0. The van der Waals surface area contributed by atoms with E-state index in [1.54, 1.807) is 0 Å². The fraction of sp³-hybridized carbons (Fsp3) is 0.769. The zero-order valence-electron chi connectivity index (χ0n) is 12.7. The van der Waals surface area contributed by atoms with Crippen molar-refractivity contribution in [3.05, 3.63) is 0 Å². The van der Waals surface area contributed by atoms with Crippen molar-refractivity contribution in [2.45, 2.75) is 59.6 Å². The van der Waals surface area contributed by atoms with Gasteiger partial charge in [0.15, 0.2) is 0 Å². The molecule has 0 fully saturated rings. The fourth-order valence-electron chi connectivity index (χ4n) is 1.30. The third kappa shape index (κ3) is 5.28. The third-order valence-corrected chi connectivity index (χ3v) is 2.62. The minimum absolute atomic E-state index is 0.0314. The number of aromatic nitrogens is 3. The van der Waals surface area contributed by atoms with Crippen molar-refractivity contribution in [1.29, 1.82) is 0 Å². The summed E-state index contributed by atoms with van der Waals surface area (Å²) in [6.45, 7) is 13.0. The summed E-state index contributed by atoms with van der Waals surface area (Å²) in [6.07, 6.45) is 0.999. The maximum absolute atomic E-state index is 5.55. The standard InChI is InChI=1S/C13H25N5O/c1-7-13(5,6)18-11-15-10(14-8-2)16-12(17-11)19-9(3)4/h9H,7-8H2,1-6H3,(H2,14,15,16,17,18). The zero-order chi connectivity index (χ0) is 14.5. The Kier molecular flexibility index (Phi) is 5.32. The highest BCUT2D eigenvalue weighted by molar-refractivity contribution is 5.37. The molecule has 19 heavy (non-hydrogen) atoms. The van der Waals surface area contributed by atoms with Gasteiger partial charge in [0.25, 0.3) is 0 Å². The second-order valence-corrected chi connectivity index (χ2v) is 5.32. The Morgan fingerprint density at radius 3 is 2.26 bits per heavy atom. The van der Waals surface area contributed by atoms with E-state index in [1.807, 2.05) is 20.8 Å². The molecular formula is C13H25N5O. The largest absolute Gasteiger partial charge is 0.461 e. The summed E-state index contributed by atoms with van der Waals surface area (Å²) in [5, 5.41) is 6.38. The molecule has 0 aliphatic carbocycles. The zero-order valence-corrected chi connectivity index (χ0v) is 12.7. The first-order chi connectivity index (χ1) is 8.86. The van der Waals surface area contributed by atoms with E-state index in [4.69, 9.17) is 4.74 Å². The van der Waals surface area contributed by atoms with Crippen LogP contribution in [-0.2, 0) is 0 Å². The lowest BCUT2D eigenvalue weighted by Gasteiger charge is -2.24. The summed E-state index contributed by atoms with van der Waals surface area (Å²) in [5.74, 6) is 1.07. The summed E-state index contributed by atoms with van der Waals surface area (Å²) < 4.78 is 5.55. The van der Waals surface area contributed by atoms with Crippen LogP contribution >= 0.6 is 0 Å². The minimum atomic E-state index is -0.0695. The first kappa shape index (κ1) is 15.5. The van der Waals surface area contributed by atoms with Crippen molar-refractivity contribution < 1.29 is 4.74 Å². The Morgan fingerprint density at radius 1 is 1.11 bits per heavy atom. The Labute approximate surface area is 115 Å². The number of anilines is 2. The van der Waals surface area contributed by atoms with Crippen LogP contribution in [0.2, 0.25) is 0 Å². The predicted octanol–water partition coefficient (Wildman–Crippen LogP) is 2.69. The lowest BCUT2D eigenvalue weighted by Crippen LogP contribution is -2.31. The van der Waals surface area contributed by atoms with E-state index in [0.29, 0.717) is 17.9 Å². The van der Waals surface area contributed by atoms with Crippen molar-refractivity contribution in [3.8, 4) is 6.01 Å². The van der Waals surface area contributed by atoms with Gasteiger partial charge < -0.3 is 15.4 Å². The molecule has 0 spiro atoms. The van der Waals surface area contributed by atoms with E-state index >= 15 is 0 Å². The van der Waals surface area contributed by atoms with Crippen molar-refractivity contribution >= 4 is 11.9 Å². The number of nitrogens with one attached hydrogen (secondary N) is 2. The van der Waals surface area contributed by atoms with Gasteiger partial charge in [-0.1, -0.05) is 6.92 Å². The number of ether oxygens (including phenoxy) is 1. The lowest BCUT2D eigenvalue weighted by molar-refractivity contribution is 0.222. The van der Waals surface area contributed by atoms with E-state index in [-0.39, 0.29) is 11.6 Å². The maximum atomic E-state index is 5.55. The average molecular weight is 267 g/mol. The SMILES string of the molecule is CCNc1nc(NC(C)(C)CC)nc(OC(C)C)n1. The van der Waals surface area contributed by atoms with Gasteiger partial charge in [0.1, 0.15) is 0 Å². The van der Waals surface area contributed by atoms with E-state index in [1.165, 1.54) is 0 Å². The van der Waals surface area contributed by atoms with Gasteiger partial charge in [0.2, 0.25) is 11.9 Å². The third-order valence-electron chi connectivity index (χ3n) is 2.62. The van der Waals surface area contributed by atoms with Crippen LogP contribution in [0.1, 0.15) is 48.0 Å². The maximum Gasteiger partial charge on any atom is 0.323 e. The van der Waals surface area contributed by atoms with Crippen LogP contribution in [0.15, 0.2) is 0 Å². The molecule has 0 unspecified atom stereocenters. The molecule has 1 heterocycles. The first-order valence-electron chi connectivity index (χ1n) is 6.81. The molecule has 0 radical (unpaired) electrons. The van der Waals surface area contributed by atoms with Crippen LogP contribution in [0.3, 0.4) is 0 Å². The molecule has 1 aromatic heterocycles. The molecule has 1 aromatic rings. The Balaban J connectivity index is 2.98. The number of nitrogens with zero attached hydrogens (tertiary/aromatic N) is 3. The van der Waals surface area contributed by atoms with Crippen LogP contribution in [0, 0.1) is 0 Å². The molecule has 6 heteroatoms. The van der Waals surface area contributed by atoms with E-state index in [2.05, 4.69) is 46.4 Å². The van der Waals surface area contributed by atoms with Crippen LogP contribution in [-0.4, -0.2) is 33.1 Å². The monoisotopic (exact) mass is 267 g/mol. The molecule has 0 bridgehead atoms. The normalized spacial score (nSPS) is 11.5. The van der Waals surface area contributed by atoms with Crippen LogP contribution in [0.5, 0.6) is 6.01 Å². The highest BCUT2D eigenvalue weighted by atomic mass is 16.5. The van der Waals surface area contributed by atoms with Crippen molar-refractivity contribution in [2.75, 3.05) is 17.2 Å². The Morgan fingerprint density at radius 2 is 1.74 bits per heavy atom. The van der Waals surface area contributed by atoms with Gasteiger partial charge in [0, 0.05) is 12.1 Å². The number of hydrogen-bond acceptors (Lipinski definition) is 6. The summed E-state index contributed by atoms with van der Waals surface area (Å²) in [4.78, 5) is 12.9. The molecule has 0 aromatic carbocycles. The van der Waals surface area contributed by atoms with E-state index < -0.39 is 0 Å². The second-order valence-electron chi connectivity index (χ2n) is 5.32. The molecule has 108 valence electrons. The van der Waals surface area contributed by atoms with Gasteiger partial charge in [-0.15, -0.1) is 0 Å². The number of hydrogen-bond donors (Lipinski definition) is 2. The van der Waals surface area contributed by atoms with Gasteiger partial charge in [-0.3, -0.25) is 0 Å². The topological polar surface area (TPSA) is 72.0 Å². The highest BCUT2D eigenvalue weighted by Gasteiger charge is 2.17. The Bertz CT molecular complexity index is 406.